The van der Waals surface area contributed by atoms with E-state index in [1.165, 1.54) is 4.90 Å². The highest BCUT2D eigenvalue weighted by Crippen LogP contribution is 2.31. The number of imide groups is 1. The molecule has 0 saturated heterocycles. The van der Waals surface area contributed by atoms with E-state index < -0.39 is 12.1 Å². The summed E-state index contributed by atoms with van der Waals surface area (Å²) < 4.78 is 0. The van der Waals surface area contributed by atoms with Gasteiger partial charge in [0.05, 0.1) is 17.2 Å². The van der Waals surface area contributed by atoms with Gasteiger partial charge in [0.1, 0.15) is 12.3 Å². The Morgan fingerprint density at radius 1 is 0.958 bits per heavy atom. The summed E-state index contributed by atoms with van der Waals surface area (Å²) in [6, 6.07) is 13.4. The van der Waals surface area contributed by atoms with Crippen molar-refractivity contribution in [2.24, 2.45) is 0 Å². The van der Waals surface area contributed by atoms with Crippen LogP contribution in [0.4, 0.5) is 5.69 Å². The number of para-hydroxylation sites is 1. The zero-order chi connectivity index (χ0) is 16.7. The number of nitrogens with zero attached hydrogens (tertiary/aromatic N) is 1. The lowest BCUT2D eigenvalue weighted by molar-refractivity contribution is -0.109. The smallest absolute Gasteiger partial charge is 0.261 e. The number of hydrogen-bond acceptors (Lipinski definition) is 4. The minimum atomic E-state index is -0.615. The van der Waals surface area contributed by atoms with Crippen LogP contribution in [0.15, 0.2) is 48.5 Å². The van der Waals surface area contributed by atoms with Gasteiger partial charge in [-0.2, -0.15) is 0 Å². The van der Waals surface area contributed by atoms with Crippen LogP contribution in [0.2, 0.25) is 0 Å². The Hall–Kier alpha value is -2.95. The van der Waals surface area contributed by atoms with Crippen molar-refractivity contribution >= 4 is 23.8 Å². The van der Waals surface area contributed by atoms with Crippen molar-refractivity contribution in [1.29, 1.82) is 0 Å². The maximum Gasteiger partial charge on any atom is 0.261 e. The molecular formula is C19H16N2O3. The number of aldehydes is 1. The van der Waals surface area contributed by atoms with Crippen molar-refractivity contribution in [1.82, 2.24) is 4.90 Å². The highest BCUT2D eigenvalue weighted by Gasteiger charge is 2.43. The van der Waals surface area contributed by atoms with E-state index in [9.17, 15) is 14.4 Å². The molecule has 0 spiro atoms. The first-order valence-corrected chi connectivity index (χ1v) is 7.97. The van der Waals surface area contributed by atoms with E-state index in [2.05, 4.69) is 5.32 Å². The predicted molar refractivity (Wildman–Crippen MR) is 89.0 cm³/mol. The van der Waals surface area contributed by atoms with E-state index in [1.54, 1.807) is 24.3 Å². The third-order valence-corrected chi connectivity index (χ3v) is 4.77. The third-order valence-electron chi connectivity index (χ3n) is 4.77. The summed E-state index contributed by atoms with van der Waals surface area (Å²) in [5.41, 5.74) is 2.79. The summed E-state index contributed by atoms with van der Waals surface area (Å²) in [5, 5.41) is 3.19. The second kappa shape index (κ2) is 5.60. The normalized spacial score (nSPS) is 22.4. The topological polar surface area (TPSA) is 66.5 Å². The van der Waals surface area contributed by atoms with E-state index >= 15 is 0 Å². The molecule has 2 aliphatic rings. The molecule has 0 aromatic heterocycles. The van der Waals surface area contributed by atoms with Gasteiger partial charge in [-0.3, -0.25) is 14.5 Å². The Morgan fingerprint density at radius 2 is 1.58 bits per heavy atom. The first-order chi connectivity index (χ1) is 11.7. The van der Waals surface area contributed by atoms with Gasteiger partial charge in [-0.25, -0.2) is 0 Å². The van der Waals surface area contributed by atoms with Gasteiger partial charge >= 0.3 is 0 Å². The number of hydrogen-bond donors (Lipinski definition) is 1. The number of carbonyl (C=O) groups excluding carboxylic acids is 3. The summed E-state index contributed by atoms with van der Waals surface area (Å²) in [7, 11) is 0. The van der Waals surface area contributed by atoms with Crippen molar-refractivity contribution in [2.75, 3.05) is 5.32 Å². The largest absolute Gasteiger partial charge is 0.374 e. The summed E-state index contributed by atoms with van der Waals surface area (Å²) in [6.07, 6.45) is 2.04. The highest BCUT2D eigenvalue weighted by atomic mass is 16.2. The zero-order valence-electron chi connectivity index (χ0n) is 12.9. The average molecular weight is 320 g/mol. The molecule has 0 radical (unpaired) electrons. The Kier molecular flexibility index (Phi) is 3.41. The van der Waals surface area contributed by atoms with Gasteiger partial charge in [0.2, 0.25) is 0 Å². The summed E-state index contributed by atoms with van der Waals surface area (Å²) >= 11 is 0. The molecule has 5 heteroatoms. The monoisotopic (exact) mass is 320 g/mol. The van der Waals surface area contributed by atoms with Gasteiger partial charge in [0.25, 0.3) is 11.8 Å². The maximum atomic E-state index is 12.7. The predicted octanol–water partition coefficient (Wildman–Crippen LogP) is 2.28. The summed E-state index contributed by atoms with van der Waals surface area (Å²) in [5.74, 6) is -0.639. The zero-order valence-corrected chi connectivity index (χ0v) is 12.9. The Balaban J connectivity index is 1.71. The molecule has 2 aromatic rings. The quantitative estimate of drug-likeness (QED) is 0.681. The van der Waals surface area contributed by atoms with Gasteiger partial charge in [0.15, 0.2) is 0 Å². The molecule has 4 rings (SSSR count). The Morgan fingerprint density at radius 3 is 2.25 bits per heavy atom. The molecule has 0 fully saturated rings. The number of rotatable bonds is 2. The highest BCUT2D eigenvalue weighted by molar-refractivity contribution is 6.21. The molecule has 0 bridgehead atoms. The van der Waals surface area contributed by atoms with Crippen molar-refractivity contribution in [3.63, 3.8) is 0 Å². The second-order valence-corrected chi connectivity index (χ2v) is 6.10. The molecule has 2 aliphatic heterocycles. The van der Waals surface area contributed by atoms with Crippen molar-refractivity contribution in [3.05, 3.63) is 65.2 Å². The lowest BCUT2D eigenvalue weighted by atomic mass is 10.0. The summed E-state index contributed by atoms with van der Waals surface area (Å²) in [4.78, 5) is 38.3. The van der Waals surface area contributed by atoms with Crippen molar-refractivity contribution < 1.29 is 14.4 Å². The SMILES string of the molecule is O=CC1Nc2ccccc2CCC1N1C(=O)c2ccccc2C1=O. The number of amides is 2. The molecule has 120 valence electrons. The molecule has 2 unspecified atom stereocenters. The third kappa shape index (κ3) is 2.12. The molecule has 2 amide bonds. The summed E-state index contributed by atoms with van der Waals surface area (Å²) in [6.45, 7) is 0. The fraction of sp³-hybridized carbons (Fsp3) is 0.211. The molecule has 0 saturated carbocycles. The molecule has 24 heavy (non-hydrogen) atoms. The van der Waals surface area contributed by atoms with E-state index in [1.807, 2.05) is 24.3 Å². The van der Waals surface area contributed by atoms with Gasteiger partial charge in [-0.05, 0) is 36.6 Å². The minimum absolute atomic E-state index is 0.319. The van der Waals surface area contributed by atoms with Crippen LogP contribution in [0.5, 0.6) is 0 Å². The average Bonchev–Trinajstić information content (AvgIpc) is 2.77. The number of fused-ring (bicyclic) bond motifs is 2. The minimum Gasteiger partial charge on any atom is -0.374 e. The van der Waals surface area contributed by atoms with E-state index in [4.69, 9.17) is 0 Å². The van der Waals surface area contributed by atoms with Crippen LogP contribution >= 0.6 is 0 Å². The molecule has 1 N–H and O–H groups in total. The van der Waals surface area contributed by atoms with Gasteiger partial charge in [0, 0.05) is 5.69 Å². The first kappa shape index (κ1) is 14.6. The van der Waals surface area contributed by atoms with Crippen LogP contribution in [0.25, 0.3) is 0 Å². The molecule has 2 atom stereocenters. The maximum absolute atomic E-state index is 12.7. The molecule has 0 aliphatic carbocycles. The number of benzene rings is 2. The fourth-order valence-electron chi connectivity index (χ4n) is 3.56. The Bertz CT molecular complexity index is 811. The van der Waals surface area contributed by atoms with E-state index in [0.29, 0.717) is 24.0 Å². The van der Waals surface area contributed by atoms with Crippen molar-refractivity contribution in [2.45, 2.75) is 24.9 Å². The van der Waals surface area contributed by atoms with E-state index in [-0.39, 0.29) is 11.8 Å². The van der Waals surface area contributed by atoms with Crippen LogP contribution in [0, 0.1) is 0 Å². The number of anilines is 1. The Labute approximate surface area is 139 Å². The molecular weight excluding hydrogens is 304 g/mol. The standard InChI is InChI=1S/C19H16N2O3/c22-11-16-17(10-9-12-5-1-4-8-15(12)20-16)21-18(23)13-6-2-3-7-14(13)19(21)24/h1-8,11,16-17,20H,9-10H2. The van der Waals surface area contributed by atoms with Gasteiger partial charge in [-0.15, -0.1) is 0 Å². The van der Waals surface area contributed by atoms with Crippen molar-refractivity contribution in [3.8, 4) is 0 Å². The van der Waals surface area contributed by atoms with Gasteiger partial charge < -0.3 is 10.1 Å². The van der Waals surface area contributed by atoms with Crippen LogP contribution in [0.3, 0.4) is 0 Å². The van der Waals surface area contributed by atoms with Crippen LogP contribution in [-0.2, 0) is 11.2 Å². The first-order valence-electron chi connectivity index (χ1n) is 7.97. The number of nitrogens with one attached hydrogen (secondary N) is 1. The lowest BCUT2D eigenvalue weighted by Gasteiger charge is -2.29. The number of carbonyl (C=O) groups is 3. The molecule has 2 aromatic carbocycles. The van der Waals surface area contributed by atoms with Crippen LogP contribution in [0.1, 0.15) is 32.7 Å². The van der Waals surface area contributed by atoms with Gasteiger partial charge in [-0.1, -0.05) is 30.3 Å². The second-order valence-electron chi connectivity index (χ2n) is 6.10. The number of aryl methyl sites for hydroxylation is 1. The fourth-order valence-corrected chi connectivity index (χ4v) is 3.56. The van der Waals surface area contributed by atoms with Crippen LogP contribution < -0.4 is 5.32 Å². The molecule has 5 nitrogen and oxygen atoms in total. The van der Waals surface area contributed by atoms with Crippen LogP contribution in [-0.4, -0.2) is 35.1 Å². The lowest BCUT2D eigenvalue weighted by Crippen LogP contribution is -2.50. The van der Waals surface area contributed by atoms with E-state index in [0.717, 1.165) is 17.5 Å². The molecule has 2 heterocycles.